The van der Waals surface area contributed by atoms with Crippen LogP contribution in [0, 0.1) is 5.41 Å². The van der Waals surface area contributed by atoms with Crippen LogP contribution in [-0.4, -0.2) is 129 Å². The summed E-state index contributed by atoms with van der Waals surface area (Å²) in [7, 11) is 3.12. The van der Waals surface area contributed by atoms with Crippen LogP contribution in [-0.2, 0) is 27.2 Å². The van der Waals surface area contributed by atoms with E-state index in [1.54, 1.807) is 32.3 Å². The van der Waals surface area contributed by atoms with Crippen molar-refractivity contribution in [2.24, 2.45) is 5.41 Å². The van der Waals surface area contributed by atoms with Crippen molar-refractivity contribution >= 4 is 35.4 Å². The van der Waals surface area contributed by atoms with Crippen LogP contribution in [0.1, 0.15) is 60.0 Å². The molecule has 3 saturated heterocycles. The van der Waals surface area contributed by atoms with E-state index in [1.165, 1.54) is 41.0 Å². The predicted molar refractivity (Wildman–Crippen MR) is 243 cm³/mol. The van der Waals surface area contributed by atoms with Crippen molar-refractivity contribution in [2.45, 2.75) is 63.5 Å². The fraction of sp³-hybridized carbons (Fsp3) is 0.440. The highest BCUT2D eigenvalue weighted by Crippen LogP contribution is 2.42. The number of amides is 3. The maximum atomic E-state index is 13.4. The number of carbonyl (C=O) groups excluding carboxylic acids is 4. The number of benzene rings is 4. The second kappa shape index (κ2) is 20.8. The van der Waals surface area contributed by atoms with Crippen molar-refractivity contribution in [3.8, 4) is 11.5 Å². The first-order chi connectivity index (χ1) is 30.1. The Morgan fingerprint density at radius 1 is 0.871 bits per heavy atom. The summed E-state index contributed by atoms with van der Waals surface area (Å²) in [6, 6.07) is 33.1. The van der Waals surface area contributed by atoms with Crippen molar-refractivity contribution in [3.05, 3.63) is 120 Å². The lowest BCUT2D eigenvalue weighted by atomic mass is 9.71. The maximum absolute atomic E-state index is 13.4. The summed E-state index contributed by atoms with van der Waals surface area (Å²) >= 11 is 0. The van der Waals surface area contributed by atoms with Gasteiger partial charge in [-0.05, 0) is 112 Å². The number of aromatic hydroxyl groups is 1. The largest absolute Gasteiger partial charge is 0.508 e. The SMILES string of the molecule is CNC(=O)CCC(C=O)N(C)C(=O)c1ccc2c(c1)OCC1CN(C(=O)CN3CCC4(CC3)CN(c3ccccc3)C4)CCN21.Oc1ccc2c(c1)CCCC2.c1ccccc1. The lowest BCUT2D eigenvalue weighted by Crippen LogP contribution is -2.62. The number of piperidine rings is 1. The highest BCUT2D eigenvalue weighted by atomic mass is 16.5. The van der Waals surface area contributed by atoms with Crippen molar-refractivity contribution < 1.29 is 29.0 Å². The van der Waals surface area contributed by atoms with E-state index in [-0.39, 0.29) is 36.6 Å². The predicted octanol–water partition coefficient (Wildman–Crippen LogP) is 5.82. The third-order valence-electron chi connectivity index (χ3n) is 13.2. The number of aldehydes is 1. The lowest BCUT2D eigenvalue weighted by Gasteiger charge is -2.55. The molecule has 62 heavy (non-hydrogen) atoms. The van der Waals surface area contributed by atoms with Gasteiger partial charge in [-0.3, -0.25) is 19.3 Å². The van der Waals surface area contributed by atoms with E-state index in [9.17, 15) is 24.3 Å². The Balaban J connectivity index is 0.000000279. The first-order valence-electron chi connectivity index (χ1n) is 22.2. The van der Waals surface area contributed by atoms with Gasteiger partial charge in [0.05, 0.1) is 24.3 Å². The number of para-hydroxylation sites is 1. The van der Waals surface area contributed by atoms with Crippen molar-refractivity contribution in [1.29, 1.82) is 0 Å². The summed E-state index contributed by atoms with van der Waals surface area (Å²) in [5.74, 6) is 0.738. The molecule has 0 radical (unpaired) electrons. The minimum Gasteiger partial charge on any atom is -0.508 e. The second-order valence-corrected chi connectivity index (χ2v) is 17.3. The van der Waals surface area contributed by atoms with Crippen LogP contribution in [0.5, 0.6) is 11.5 Å². The Morgan fingerprint density at radius 2 is 1.55 bits per heavy atom. The van der Waals surface area contributed by atoms with E-state index < -0.39 is 6.04 Å². The van der Waals surface area contributed by atoms with Crippen LogP contribution in [0.4, 0.5) is 11.4 Å². The number of phenolic OH excluding ortho intramolecular Hbond substituents is 1. The zero-order chi connectivity index (χ0) is 43.5. The maximum Gasteiger partial charge on any atom is 0.254 e. The van der Waals surface area contributed by atoms with E-state index in [1.807, 2.05) is 59.5 Å². The molecular formula is C50H62N6O6. The van der Waals surface area contributed by atoms with Crippen LogP contribution in [0.2, 0.25) is 0 Å². The highest BCUT2D eigenvalue weighted by Gasteiger charge is 2.45. The number of likely N-dealkylation sites (N-methyl/N-ethyl adjacent to an activating group) is 1. The Bertz CT molecular complexity index is 2090. The van der Waals surface area contributed by atoms with Gasteiger partial charge in [0.2, 0.25) is 11.8 Å². The number of fused-ring (bicyclic) bond motifs is 4. The van der Waals surface area contributed by atoms with Crippen LogP contribution < -0.4 is 19.9 Å². The van der Waals surface area contributed by atoms with E-state index in [4.69, 9.17) is 4.74 Å². The van der Waals surface area contributed by atoms with Gasteiger partial charge in [-0.1, -0.05) is 60.7 Å². The summed E-state index contributed by atoms with van der Waals surface area (Å²) in [5.41, 5.74) is 5.79. The van der Waals surface area contributed by atoms with Crippen LogP contribution in [0.25, 0.3) is 0 Å². The molecule has 1 spiro atoms. The number of likely N-dealkylation sites (tertiary alicyclic amines) is 1. The summed E-state index contributed by atoms with van der Waals surface area (Å²) in [6.45, 7) is 6.99. The fourth-order valence-corrected chi connectivity index (χ4v) is 9.32. The molecule has 5 aliphatic rings. The number of nitrogens with zero attached hydrogens (tertiary/aromatic N) is 5. The van der Waals surface area contributed by atoms with Crippen LogP contribution in [0.15, 0.2) is 103 Å². The first-order valence-corrected chi connectivity index (χ1v) is 22.2. The number of rotatable bonds is 9. The Morgan fingerprint density at radius 3 is 2.23 bits per heavy atom. The Kier molecular flexibility index (Phi) is 14.8. The molecule has 328 valence electrons. The zero-order valence-electron chi connectivity index (χ0n) is 36.3. The number of hydrogen-bond donors (Lipinski definition) is 2. The molecule has 4 aliphatic heterocycles. The minimum absolute atomic E-state index is 0.0483. The average Bonchev–Trinajstić information content (AvgIpc) is 3.31. The molecule has 0 aromatic heterocycles. The topological polar surface area (TPSA) is 126 Å². The molecule has 0 saturated carbocycles. The van der Waals surface area contributed by atoms with Crippen LogP contribution in [0.3, 0.4) is 0 Å². The van der Waals surface area contributed by atoms with Gasteiger partial charge in [0.1, 0.15) is 24.4 Å². The highest BCUT2D eigenvalue weighted by molar-refractivity contribution is 5.96. The van der Waals surface area contributed by atoms with E-state index in [2.05, 4.69) is 50.3 Å². The van der Waals surface area contributed by atoms with Gasteiger partial charge in [-0.2, -0.15) is 0 Å². The zero-order valence-corrected chi connectivity index (χ0v) is 36.3. The van der Waals surface area contributed by atoms with Gasteiger partial charge in [0.25, 0.3) is 5.91 Å². The fourth-order valence-electron chi connectivity index (χ4n) is 9.32. The number of carbonyl (C=O) groups is 4. The van der Waals surface area contributed by atoms with Crippen LogP contribution >= 0.6 is 0 Å². The molecule has 4 aromatic carbocycles. The summed E-state index contributed by atoms with van der Waals surface area (Å²) in [4.78, 5) is 60.2. The summed E-state index contributed by atoms with van der Waals surface area (Å²) < 4.78 is 6.12. The molecule has 1 aliphatic carbocycles. The molecule has 9 rings (SSSR count). The number of hydrogen-bond acceptors (Lipinski definition) is 9. The van der Waals surface area contributed by atoms with Gasteiger partial charge in [0, 0.05) is 69.9 Å². The number of anilines is 2. The minimum atomic E-state index is -0.698. The number of aryl methyl sites for hydroxylation is 2. The Hall–Kier alpha value is -5.88. The van der Waals surface area contributed by atoms with Gasteiger partial charge < -0.3 is 39.6 Å². The third-order valence-corrected chi connectivity index (χ3v) is 13.2. The molecular weight excluding hydrogens is 781 g/mol. The quantitative estimate of drug-likeness (QED) is 0.201. The van der Waals surface area contributed by atoms with Crippen molar-refractivity contribution in [2.75, 3.05) is 82.9 Å². The molecule has 0 bridgehead atoms. The van der Waals surface area contributed by atoms with E-state index in [0.29, 0.717) is 61.5 Å². The molecule has 12 heteroatoms. The van der Waals surface area contributed by atoms with Gasteiger partial charge in [-0.25, -0.2) is 0 Å². The molecule has 4 heterocycles. The molecule has 2 unspecified atom stereocenters. The lowest BCUT2D eigenvalue weighted by molar-refractivity contribution is -0.134. The number of nitrogens with one attached hydrogen (secondary N) is 1. The average molecular weight is 843 g/mol. The van der Waals surface area contributed by atoms with Crippen molar-refractivity contribution in [3.63, 3.8) is 0 Å². The second-order valence-electron chi connectivity index (χ2n) is 17.3. The van der Waals surface area contributed by atoms with Gasteiger partial charge >= 0.3 is 0 Å². The number of piperazine rings is 1. The normalized spacial score (nSPS) is 18.9. The molecule has 2 N–H and O–H groups in total. The monoisotopic (exact) mass is 842 g/mol. The summed E-state index contributed by atoms with van der Waals surface area (Å²) in [5, 5.41) is 11.7. The number of ether oxygens (including phenoxy) is 1. The van der Waals surface area contributed by atoms with Crippen molar-refractivity contribution in [1.82, 2.24) is 20.0 Å². The van der Waals surface area contributed by atoms with Gasteiger partial charge in [-0.15, -0.1) is 0 Å². The first kappa shape index (κ1) is 44.2. The molecule has 12 nitrogen and oxygen atoms in total. The molecule has 3 amide bonds. The molecule has 3 fully saturated rings. The van der Waals surface area contributed by atoms with Gasteiger partial charge in [0.15, 0.2) is 0 Å². The Labute approximate surface area is 366 Å². The molecule has 4 aromatic rings. The van der Waals surface area contributed by atoms with E-state index in [0.717, 1.165) is 51.1 Å². The number of phenols is 1. The summed E-state index contributed by atoms with van der Waals surface area (Å²) in [6.07, 6.45) is 8.30. The molecule has 2 atom stereocenters. The standard InChI is InChI=1S/C34H44N6O5.C10H12O.C6H6/c1-35-31(42)11-9-27(21-41)36(2)33(44)25-8-10-29-30(18-25)45-22-28-19-38(16-17-40(28)29)32(43)20-37-14-12-34(13-15-37)23-39(24-34)26-6-4-3-5-7-26;11-10-6-5-8-3-1-2-4-9(8)7-10;1-2-4-6-5-3-1/h3-8,10,18,21,27-28H,9,11-17,19-20,22-24H2,1-2H3,(H,35,42);5-7,11H,1-4H2;1-6H. The van der Waals surface area contributed by atoms with E-state index >= 15 is 0 Å². The smallest absolute Gasteiger partial charge is 0.254 e. The third kappa shape index (κ3) is 10.9.